The molecule has 0 saturated carbocycles. The van der Waals surface area contributed by atoms with Gasteiger partial charge in [0.1, 0.15) is 0 Å². The van der Waals surface area contributed by atoms with Crippen LogP contribution in [0.25, 0.3) is 0 Å². The minimum Gasteiger partial charge on any atom is -0.448 e. The molecule has 2 N–H and O–H groups in total. The third-order valence-electron chi connectivity index (χ3n) is 5.25. The highest BCUT2D eigenvalue weighted by molar-refractivity contribution is 5.92. The van der Waals surface area contributed by atoms with Gasteiger partial charge < -0.3 is 20.1 Å². The van der Waals surface area contributed by atoms with Crippen molar-refractivity contribution in [3.05, 3.63) is 34.9 Å². The number of nitrogens with two attached hydrogens (primary N) is 1. The molecule has 1 aromatic rings. The Hall–Kier alpha value is -2.41. The van der Waals surface area contributed by atoms with Crippen LogP contribution in [0.1, 0.15) is 48.2 Å². The van der Waals surface area contributed by atoms with E-state index in [2.05, 4.69) is 0 Å². The van der Waals surface area contributed by atoms with Crippen molar-refractivity contribution in [2.45, 2.75) is 46.0 Å². The summed E-state index contributed by atoms with van der Waals surface area (Å²) >= 11 is 0. The van der Waals surface area contributed by atoms with E-state index in [1.807, 2.05) is 19.9 Å². The zero-order chi connectivity index (χ0) is 19.6. The number of benzene rings is 1. The lowest BCUT2D eigenvalue weighted by molar-refractivity contribution is -0.145. The molecule has 1 fully saturated rings. The Morgan fingerprint density at radius 3 is 2.44 bits per heavy atom. The smallest absolute Gasteiger partial charge is 0.338 e. The molecule has 2 aliphatic rings. The van der Waals surface area contributed by atoms with Gasteiger partial charge in [0.25, 0.3) is 5.91 Å². The fourth-order valence-corrected chi connectivity index (χ4v) is 3.52. The largest absolute Gasteiger partial charge is 0.448 e. The second kappa shape index (κ2) is 8.08. The van der Waals surface area contributed by atoms with E-state index in [1.54, 1.807) is 17.0 Å². The molecule has 2 amide bonds. The molecule has 0 aliphatic carbocycles. The van der Waals surface area contributed by atoms with Gasteiger partial charge in [-0.3, -0.25) is 9.59 Å². The van der Waals surface area contributed by atoms with Gasteiger partial charge in [0, 0.05) is 19.0 Å². The number of carbonyl (C=O) groups excluding carboxylic acids is 3. The number of nitrogens with zero attached hydrogens (tertiary/aromatic N) is 1. The molecule has 0 radical (unpaired) electrons. The van der Waals surface area contributed by atoms with E-state index >= 15 is 0 Å². The van der Waals surface area contributed by atoms with Crippen molar-refractivity contribution in [1.29, 1.82) is 0 Å². The molecule has 27 heavy (non-hydrogen) atoms. The van der Waals surface area contributed by atoms with E-state index in [0.717, 1.165) is 11.1 Å². The SMILES string of the molecule is CC(C)[C@@H](OC(=O)c1ccc2c(c1)COC2)C(=O)N1CCC(C(N)=O)CC1. The van der Waals surface area contributed by atoms with Crippen LogP contribution in [-0.2, 0) is 32.3 Å². The highest BCUT2D eigenvalue weighted by Gasteiger charge is 2.34. The van der Waals surface area contributed by atoms with Crippen LogP contribution >= 0.6 is 0 Å². The van der Waals surface area contributed by atoms with Crippen LogP contribution in [0.2, 0.25) is 0 Å². The van der Waals surface area contributed by atoms with Crippen LogP contribution in [0.3, 0.4) is 0 Å². The third-order valence-corrected chi connectivity index (χ3v) is 5.25. The molecule has 2 heterocycles. The minimum atomic E-state index is -0.855. The molecular formula is C20H26N2O5. The van der Waals surface area contributed by atoms with E-state index in [1.165, 1.54) is 0 Å². The first kappa shape index (κ1) is 19.4. The van der Waals surface area contributed by atoms with Crippen LogP contribution in [0.15, 0.2) is 18.2 Å². The molecule has 0 unspecified atom stereocenters. The summed E-state index contributed by atoms with van der Waals surface area (Å²) in [5, 5.41) is 0. The average Bonchev–Trinajstić information content (AvgIpc) is 3.13. The zero-order valence-electron chi connectivity index (χ0n) is 15.8. The van der Waals surface area contributed by atoms with Gasteiger partial charge in [0.15, 0.2) is 6.10 Å². The predicted molar refractivity (Wildman–Crippen MR) is 97.5 cm³/mol. The van der Waals surface area contributed by atoms with Crippen LogP contribution in [0.4, 0.5) is 0 Å². The first-order chi connectivity index (χ1) is 12.9. The quantitative estimate of drug-likeness (QED) is 0.790. The van der Waals surface area contributed by atoms with E-state index in [4.69, 9.17) is 15.2 Å². The molecular weight excluding hydrogens is 348 g/mol. The first-order valence-electron chi connectivity index (χ1n) is 9.35. The predicted octanol–water partition coefficient (Wildman–Crippen LogP) is 1.62. The maximum atomic E-state index is 12.9. The van der Waals surface area contributed by atoms with Crippen molar-refractivity contribution in [3.63, 3.8) is 0 Å². The van der Waals surface area contributed by atoms with Gasteiger partial charge in [0.05, 0.1) is 18.8 Å². The molecule has 2 aliphatic heterocycles. The lowest BCUT2D eigenvalue weighted by Crippen LogP contribution is -2.48. The topological polar surface area (TPSA) is 98.9 Å². The first-order valence-corrected chi connectivity index (χ1v) is 9.35. The van der Waals surface area contributed by atoms with Crippen molar-refractivity contribution in [3.8, 4) is 0 Å². The number of hydrogen-bond acceptors (Lipinski definition) is 5. The highest BCUT2D eigenvalue weighted by atomic mass is 16.5. The Kier molecular flexibility index (Phi) is 5.79. The minimum absolute atomic E-state index is 0.159. The Bertz CT molecular complexity index is 738. The number of rotatable bonds is 5. The summed E-state index contributed by atoms with van der Waals surface area (Å²) in [6.07, 6.45) is 0.238. The van der Waals surface area contributed by atoms with E-state index < -0.39 is 12.1 Å². The van der Waals surface area contributed by atoms with Crippen LogP contribution < -0.4 is 5.73 Å². The molecule has 1 aromatic carbocycles. The summed E-state index contributed by atoms with van der Waals surface area (Å²) < 4.78 is 11.0. The molecule has 0 aromatic heterocycles. The fourth-order valence-electron chi connectivity index (χ4n) is 3.52. The number of carbonyl (C=O) groups is 3. The van der Waals surface area contributed by atoms with Gasteiger partial charge in [-0.1, -0.05) is 19.9 Å². The summed E-state index contributed by atoms with van der Waals surface area (Å²) in [6, 6.07) is 5.33. The van der Waals surface area contributed by atoms with Gasteiger partial charge >= 0.3 is 5.97 Å². The van der Waals surface area contributed by atoms with Gasteiger partial charge in [-0.2, -0.15) is 0 Å². The number of ether oxygens (including phenoxy) is 2. The number of fused-ring (bicyclic) bond motifs is 1. The van der Waals surface area contributed by atoms with Gasteiger partial charge in [-0.25, -0.2) is 4.79 Å². The van der Waals surface area contributed by atoms with E-state index in [9.17, 15) is 14.4 Å². The molecule has 146 valence electrons. The van der Waals surface area contributed by atoms with Crippen LogP contribution in [-0.4, -0.2) is 41.9 Å². The number of piperidine rings is 1. The van der Waals surface area contributed by atoms with Gasteiger partial charge in [-0.15, -0.1) is 0 Å². The van der Waals surface area contributed by atoms with Crippen molar-refractivity contribution in [2.75, 3.05) is 13.1 Å². The molecule has 1 atom stereocenters. The second-order valence-corrected chi connectivity index (χ2v) is 7.55. The zero-order valence-corrected chi connectivity index (χ0v) is 15.8. The van der Waals surface area contributed by atoms with Crippen molar-refractivity contribution in [1.82, 2.24) is 4.90 Å². The normalized spacial score (nSPS) is 18.3. The standard InChI is InChI=1S/C20H26N2O5/c1-12(2)17(19(24)22-7-5-13(6-8-22)18(21)23)27-20(25)14-3-4-15-10-26-11-16(15)9-14/h3-4,9,12-13,17H,5-8,10-11H2,1-2H3,(H2,21,23)/t17-/m1/s1. The average molecular weight is 374 g/mol. The maximum absolute atomic E-state index is 12.9. The lowest BCUT2D eigenvalue weighted by atomic mass is 9.95. The highest BCUT2D eigenvalue weighted by Crippen LogP contribution is 2.23. The number of hydrogen-bond donors (Lipinski definition) is 1. The second-order valence-electron chi connectivity index (χ2n) is 7.55. The fraction of sp³-hybridized carbons (Fsp3) is 0.550. The summed E-state index contributed by atoms with van der Waals surface area (Å²) in [6.45, 7) is 5.63. The summed E-state index contributed by atoms with van der Waals surface area (Å²) in [5.74, 6) is -1.40. The molecule has 1 saturated heterocycles. The molecule has 7 heteroatoms. The van der Waals surface area contributed by atoms with Crippen molar-refractivity contribution >= 4 is 17.8 Å². The summed E-state index contributed by atoms with van der Waals surface area (Å²) in [4.78, 5) is 38.4. The molecule has 7 nitrogen and oxygen atoms in total. The van der Waals surface area contributed by atoms with Crippen molar-refractivity contribution in [2.24, 2.45) is 17.6 Å². The Morgan fingerprint density at radius 2 is 1.81 bits per heavy atom. The monoisotopic (exact) mass is 374 g/mol. The van der Waals surface area contributed by atoms with Crippen molar-refractivity contribution < 1.29 is 23.9 Å². The number of esters is 1. The molecule has 0 bridgehead atoms. The Morgan fingerprint density at radius 1 is 1.15 bits per heavy atom. The number of primary amides is 1. The van der Waals surface area contributed by atoms with Gasteiger partial charge in [-0.05, 0) is 42.0 Å². The van der Waals surface area contributed by atoms with Crippen LogP contribution in [0, 0.1) is 11.8 Å². The molecule has 0 spiro atoms. The number of likely N-dealkylation sites (tertiary alicyclic amines) is 1. The lowest BCUT2D eigenvalue weighted by Gasteiger charge is -2.34. The summed E-state index contributed by atoms with van der Waals surface area (Å²) in [5.41, 5.74) is 7.81. The third kappa shape index (κ3) is 4.30. The Labute approximate surface area is 158 Å². The van der Waals surface area contributed by atoms with E-state index in [-0.39, 0.29) is 23.7 Å². The van der Waals surface area contributed by atoms with E-state index in [0.29, 0.717) is 44.7 Å². The number of amides is 2. The summed E-state index contributed by atoms with van der Waals surface area (Å²) in [7, 11) is 0. The Balaban J connectivity index is 1.66. The van der Waals surface area contributed by atoms with Crippen LogP contribution in [0.5, 0.6) is 0 Å². The maximum Gasteiger partial charge on any atom is 0.338 e. The molecule has 3 rings (SSSR count). The van der Waals surface area contributed by atoms with Gasteiger partial charge in [0.2, 0.25) is 5.91 Å².